The number of rotatable bonds is 2. The summed E-state index contributed by atoms with van der Waals surface area (Å²) in [6.45, 7) is 0. The number of amides is 2. The Morgan fingerprint density at radius 3 is 2.25 bits per heavy atom. The number of carbonyl (C=O) groups is 2. The highest BCUT2D eigenvalue weighted by Gasteiger charge is 2.59. The lowest BCUT2D eigenvalue weighted by Crippen LogP contribution is -2.33. The van der Waals surface area contributed by atoms with Crippen LogP contribution >= 0.6 is 0 Å². The Balaban J connectivity index is 1.70. The zero-order valence-electron chi connectivity index (χ0n) is 10.9. The summed E-state index contributed by atoms with van der Waals surface area (Å²) in [5.41, 5.74) is 0. The van der Waals surface area contributed by atoms with Gasteiger partial charge in [0.25, 0.3) is 0 Å². The molecule has 1 saturated heterocycles. The van der Waals surface area contributed by atoms with E-state index in [1.165, 1.54) is 12.0 Å². The first-order valence-corrected chi connectivity index (χ1v) is 6.64. The minimum Gasteiger partial charge on any atom is -0.480 e. The fourth-order valence-corrected chi connectivity index (χ4v) is 3.67. The monoisotopic (exact) mass is 271 g/mol. The van der Waals surface area contributed by atoms with Crippen molar-refractivity contribution in [2.24, 2.45) is 23.7 Å². The third kappa shape index (κ3) is 1.33. The zero-order valence-corrected chi connectivity index (χ0v) is 10.9. The van der Waals surface area contributed by atoms with Crippen LogP contribution in [0.15, 0.2) is 24.3 Å². The molecule has 4 rings (SSSR count). The Kier molecular flexibility index (Phi) is 2.24. The maximum atomic E-state index is 12.5. The number of ether oxygens (including phenoxy) is 1. The van der Waals surface area contributed by atoms with Gasteiger partial charge < -0.3 is 4.74 Å². The van der Waals surface area contributed by atoms with Crippen LogP contribution in [0.25, 0.3) is 0 Å². The SMILES string of the molecule is COc1ccc(N2C(=O)[C@@H]3[C@H](C2=O)[C@@H]2C=C[C@H]3C2)nn1. The molecule has 2 aliphatic carbocycles. The highest BCUT2D eigenvalue weighted by Crippen LogP contribution is 2.52. The van der Waals surface area contributed by atoms with Gasteiger partial charge in [-0.15, -0.1) is 10.2 Å². The molecule has 0 unspecified atom stereocenters. The van der Waals surface area contributed by atoms with E-state index in [4.69, 9.17) is 4.74 Å². The lowest BCUT2D eigenvalue weighted by Gasteiger charge is -2.15. The first kappa shape index (κ1) is 11.6. The first-order valence-electron chi connectivity index (χ1n) is 6.64. The third-order valence-corrected chi connectivity index (χ3v) is 4.53. The van der Waals surface area contributed by atoms with Crippen LogP contribution in [0.2, 0.25) is 0 Å². The standard InChI is InChI=1S/C14H13N3O3/c1-20-10-5-4-9(15-16-10)17-13(18)11-7-2-3-8(6-7)12(11)14(17)19/h2-5,7-8,11-12H,6H2,1H3/t7-,8+,11-,12+. The van der Waals surface area contributed by atoms with Gasteiger partial charge in [0.15, 0.2) is 5.82 Å². The van der Waals surface area contributed by atoms with Crippen LogP contribution in [0.1, 0.15) is 6.42 Å². The molecule has 102 valence electrons. The third-order valence-electron chi connectivity index (χ3n) is 4.53. The van der Waals surface area contributed by atoms with Crippen molar-refractivity contribution in [2.75, 3.05) is 12.0 Å². The molecule has 0 spiro atoms. The second-order valence-electron chi connectivity index (χ2n) is 5.45. The molecule has 1 aromatic rings. The summed E-state index contributed by atoms with van der Waals surface area (Å²) < 4.78 is 4.93. The van der Waals surface area contributed by atoms with Gasteiger partial charge in [-0.2, -0.15) is 0 Å². The van der Waals surface area contributed by atoms with Crippen molar-refractivity contribution in [3.8, 4) is 5.88 Å². The molecule has 0 radical (unpaired) electrons. The predicted molar refractivity (Wildman–Crippen MR) is 68.8 cm³/mol. The molecule has 4 atom stereocenters. The van der Waals surface area contributed by atoms with E-state index in [0.29, 0.717) is 5.88 Å². The van der Waals surface area contributed by atoms with Crippen LogP contribution in [0.5, 0.6) is 5.88 Å². The number of hydrogen-bond acceptors (Lipinski definition) is 5. The van der Waals surface area contributed by atoms with E-state index < -0.39 is 0 Å². The van der Waals surface area contributed by atoms with Crippen LogP contribution in [0.3, 0.4) is 0 Å². The number of fused-ring (bicyclic) bond motifs is 5. The van der Waals surface area contributed by atoms with Gasteiger partial charge in [0.1, 0.15) is 0 Å². The van der Waals surface area contributed by atoms with Gasteiger partial charge in [0, 0.05) is 6.07 Å². The number of carbonyl (C=O) groups excluding carboxylic acids is 2. The van der Waals surface area contributed by atoms with Crippen LogP contribution in [0, 0.1) is 23.7 Å². The van der Waals surface area contributed by atoms with Gasteiger partial charge in [0.05, 0.1) is 18.9 Å². The summed E-state index contributed by atoms with van der Waals surface area (Å²) in [5.74, 6) is 0.357. The van der Waals surface area contributed by atoms with E-state index in [1.807, 2.05) is 0 Å². The molecule has 0 aromatic carbocycles. The minimum atomic E-state index is -0.207. The Labute approximate surface area is 115 Å². The Morgan fingerprint density at radius 2 is 1.75 bits per heavy atom. The smallest absolute Gasteiger partial charge is 0.239 e. The lowest BCUT2D eigenvalue weighted by molar-refractivity contribution is -0.123. The van der Waals surface area contributed by atoms with Gasteiger partial charge in [0.2, 0.25) is 17.7 Å². The Hall–Kier alpha value is -2.24. The second kappa shape index (κ2) is 3.88. The van der Waals surface area contributed by atoms with Crippen molar-refractivity contribution in [2.45, 2.75) is 6.42 Å². The number of anilines is 1. The van der Waals surface area contributed by atoms with Crippen molar-refractivity contribution in [3.63, 3.8) is 0 Å². The van der Waals surface area contributed by atoms with Crippen LogP contribution in [0.4, 0.5) is 5.82 Å². The molecule has 6 nitrogen and oxygen atoms in total. The van der Waals surface area contributed by atoms with E-state index in [-0.39, 0.29) is 41.3 Å². The average Bonchev–Trinajstić information content (AvgIpc) is 3.14. The van der Waals surface area contributed by atoms with E-state index in [2.05, 4.69) is 22.3 Å². The van der Waals surface area contributed by atoms with Crippen molar-refractivity contribution >= 4 is 17.6 Å². The summed E-state index contributed by atoms with van der Waals surface area (Å²) >= 11 is 0. The summed E-state index contributed by atoms with van der Waals surface area (Å²) in [4.78, 5) is 26.2. The molecule has 2 heterocycles. The van der Waals surface area contributed by atoms with Crippen molar-refractivity contribution in [3.05, 3.63) is 24.3 Å². The van der Waals surface area contributed by atoms with Gasteiger partial charge in [-0.25, -0.2) is 4.90 Å². The second-order valence-corrected chi connectivity index (χ2v) is 5.45. The maximum Gasteiger partial charge on any atom is 0.239 e. The topological polar surface area (TPSA) is 72.4 Å². The summed E-state index contributed by atoms with van der Waals surface area (Å²) in [5, 5.41) is 7.74. The van der Waals surface area contributed by atoms with Crippen LogP contribution in [-0.4, -0.2) is 29.1 Å². The van der Waals surface area contributed by atoms with E-state index in [9.17, 15) is 9.59 Å². The first-order chi connectivity index (χ1) is 9.70. The molecule has 20 heavy (non-hydrogen) atoms. The normalized spacial score (nSPS) is 34.0. The number of imide groups is 1. The highest BCUT2D eigenvalue weighted by atomic mass is 16.5. The number of allylic oxidation sites excluding steroid dienone is 2. The molecular weight excluding hydrogens is 258 g/mol. The van der Waals surface area contributed by atoms with Crippen molar-refractivity contribution < 1.29 is 14.3 Å². The average molecular weight is 271 g/mol. The summed E-state index contributed by atoms with van der Waals surface area (Å²) in [6, 6.07) is 3.20. The molecule has 2 fully saturated rings. The zero-order chi connectivity index (χ0) is 13.9. The van der Waals surface area contributed by atoms with Gasteiger partial charge in [-0.05, 0) is 24.3 Å². The molecule has 0 N–H and O–H groups in total. The van der Waals surface area contributed by atoms with Crippen LogP contribution in [-0.2, 0) is 9.59 Å². The van der Waals surface area contributed by atoms with Crippen molar-refractivity contribution in [1.29, 1.82) is 0 Å². The van der Waals surface area contributed by atoms with E-state index >= 15 is 0 Å². The van der Waals surface area contributed by atoms with E-state index in [0.717, 1.165) is 6.42 Å². The molecule has 1 saturated carbocycles. The quantitative estimate of drug-likeness (QED) is 0.587. The molecule has 2 amide bonds. The Morgan fingerprint density at radius 1 is 1.10 bits per heavy atom. The van der Waals surface area contributed by atoms with Gasteiger partial charge >= 0.3 is 0 Å². The lowest BCUT2D eigenvalue weighted by atomic mass is 9.85. The largest absolute Gasteiger partial charge is 0.480 e. The molecule has 1 aromatic heterocycles. The maximum absolute atomic E-state index is 12.5. The Bertz CT molecular complexity index is 595. The molecular formula is C14H13N3O3. The fraction of sp³-hybridized carbons (Fsp3) is 0.429. The van der Waals surface area contributed by atoms with Gasteiger partial charge in [-0.3, -0.25) is 9.59 Å². The molecule has 1 aliphatic heterocycles. The highest BCUT2D eigenvalue weighted by molar-refractivity contribution is 6.22. The molecule has 2 bridgehead atoms. The number of nitrogens with zero attached hydrogens (tertiary/aromatic N) is 3. The molecule has 3 aliphatic rings. The minimum absolute atomic E-state index is 0.142. The predicted octanol–water partition coefficient (Wildman–Crippen LogP) is 0.797. The van der Waals surface area contributed by atoms with Crippen molar-refractivity contribution in [1.82, 2.24) is 10.2 Å². The summed E-state index contributed by atoms with van der Waals surface area (Å²) in [7, 11) is 1.49. The van der Waals surface area contributed by atoms with Crippen LogP contribution < -0.4 is 9.64 Å². The number of methoxy groups -OCH3 is 1. The number of aromatic nitrogens is 2. The molecule has 6 heteroatoms. The van der Waals surface area contributed by atoms with Gasteiger partial charge in [-0.1, -0.05) is 12.2 Å². The van der Waals surface area contributed by atoms with E-state index in [1.54, 1.807) is 12.1 Å². The fourth-order valence-electron chi connectivity index (χ4n) is 3.67. The number of hydrogen-bond donors (Lipinski definition) is 0. The summed E-state index contributed by atoms with van der Waals surface area (Å²) in [6.07, 6.45) is 5.06.